The van der Waals surface area contributed by atoms with E-state index in [-0.39, 0.29) is 6.42 Å². The summed E-state index contributed by atoms with van der Waals surface area (Å²) >= 11 is 0. The highest BCUT2D eigenvalue weighted by atomic mass is 16.3. The van der Waals surface area contributed by atoms with Crippen LogP contribution in [0.2, 0.25) is 0 Å². The lowest BCUT2D eigenvalue weighted by Crippen LogP contribution is -2.56. The van der Waals surface area contributed by atoms with E-state index in [2.05, 4.69) is 10.4 Å². The molecule has 1 unspecified atom stereocenters. The van der Waals surface area contributed by atoms with Crippen LogP contribution in [0.15, 0.2) is 10.4 Å². The maximum Gasteiger partial charge on any atom is 0.227 e. The molecule has 0 spiro atoms. The normalized spacial score (nSPS) is 13.9. The van der Waals surface area contributed by atoms with Crippen LogP contribution in [0.1, 0.15) is 12.8 Å². The Kier molecular flexibility index (Phi) is 4.49. The van der Waals surface area contributed by atoms with E-state index in [0.717, 1.165) is 0 Å². The number of hydrogen-bond donors (Lipinski definition) is 3. The van der Waals surface area contributed by atoms with Crippen molar-refractivity contribution >= 4 is 0 Å². The highest BCUT2D eigenvalue weighted by Crippen LogP contribution is 2.11. The Labute approximate surface area is 69.6 Å². The summed E-state index contributed by atoms with van der Waals surface area (Å²) in [5, 5.41) is 5.03. The molecule has 0 aliphatic carbocycles. The third-order valence-corrected chi connectivity index (χ3v) is 1.50. The Morgan fingerprint density at radius 1 is 1.33 bits per heavy atom. The number of rotatable bonds is 6. The third-order valence-electron chi connectivity index (χ3n) is 1.50. The maximum atomic E-state index is 10.2. The van der Waals surface area contributed by atoms with Gasteiger partial charge in [0.2, 0.25) is 5.79 Å². The Morgan fingerprint density at radius 3 is 2.25 bits per heavy atom. The Hall–Kier alpha value is -0.920. The van der Waals surface area contributed by atoms with Gasteiger partial charge in [-0.15, -0.1) is 4.91 Å². The summed E-state index contributed by atoms with van der Waals surface area (Å²) in [5.41, 5.74) is 15.5. The predicted octanol–water partition coefficient (Wildman–Crippen LogP) is -0.802. The van der Waals surface area contributed by atoms with Gasteiger partial charge in [0.25, 0.3) is 0 Å². The molecule has 0 aromatic heterocycles. The minimum atomic E-state index is -1.91. The highest BCUT2D eigenvalue weighted by Gasteiger charge is 2.33. The number of nitrogens with two attached hydrogens (primary N) is 3. The van der Waals surface area contributed by atoms with Gasteiger partial charge in [0.15, 0.2) is 0 Å². The number of nitroso groups, excluding NO2 is 2. The van der Waals surface area contributed by atoms with Gasteiger partial charge in [-0.3, -0.25) is 11.5 Å². The highest BCUT2D eigenvalue weighted by molar-refractivity contribution is 4.88. The van der Waals surface area contributed by atoms with Gasteiger partial charge in [0.05, 0.1) is 0 Å². The van der Waals surface area contributed by atoms with Gasteiger partial charge in [0.1, 0.15) is 6.04 Å². The Balaban J connectivity index is 4.13. The smallest absolute Gasteiger partial charge is 0.227 e. The van der Waals surface area contributed by atoms with Crippen LogP contribution in [0.25, 0.3) is 0 Å². The molecule has 70 valence electrons. The largest absolute Gasteiger partial charge is 0.330 e. The molecule has 7 nitrogen and oxygen atoms in total. The molecule has 0 heterocycles. The van der Waals surface area contributed by atoms with Crippen molar-refractivity contribution in [3.63, 3.8) is 0 Å². The lowest BCUT2D eigenvalue weighted by atomic mass is 10.1. The van der Waals surface area contributed by atoms with Crippen LogP contribution >= 0.6 is 0 Å². The summed E-state index contributed by atoms with van der Waals surface area (Å²) in [6.45, 7) is 0.390. The number of hydrogen-bond acceptors (Lipinski definition) is 7. The average Bonchev–Trinajstić information content (AvgIpc) is 2.05. The van der Waals surface area contributed by atoms with Crippen molar-refractivity contribution in [1.82, 2.24) is 0 Å². The molecule has 0 radical (unpaired) electrons. The number of nitrogens with zero attached hydrogens (tertiary/aromatic N) is 2. The van der Waals surface area contributed by atoms with Crippen LogP contribution in [-0.4, -0.2) is 18.4 Å². The van der Waals surface area contributed by atoms with Gasteiger partial charge >= 0.3 is 0 Å². The standard InChI is InChI=1S/C5H13N5O2/c6-3-1-2-4(9-11)5(7,8)10-12/h4H,1-3,6-8H2. The fourth-order valence-corrected chi connectivity index (χ4v) is 0.740. The molecule has 0 aromatic carbocycles. The van der Waals surface area contributed by atoms with E-state index in [1.807, 2.05) is 0 Å². The Morgan fingerprint density at radius 2 is 1.92 bits per heavy atom. The second kappa shape index (κ2) is 4.86. The molecule has 0 fully saturated rings. The van der Waals surface area contributed by atoms with Gasteiger partial charge in [-0.1, -0.05) is 5.18 Å². The molecule has 0 aliphatic heterocycles. The van der Waals surface area contributed by atoms with Gasteiger partial charge in [-0.25, -0.2) is 0 Å². The van der Waals surface area contributed by atoms with E-state index in [0.29, 0.717) is 13.0 Å². The first kappa shape index (κ1) is 11.1. The first-order valence-electron chi connectivity index (χ1n) is 3.53. The van der Waals surface area contributed by atoms with Gasteiger partial charge in [0, 0.05) is 0 Å². The van der Waals surface area contributed by atoms with Crippen LogP contribution in [0, 0.1) is 9.81 Å². The quantitative estimate of drug-likeness (QED) is 0.358. The molecule has 0 bridgehead atoms. The monoisotopic (exact) mass is 175 g/mol. The molecule has 0 aliphatic rings. The molecular formula is C5H13N5O2. The first-order valence-corrected chi connectivity index (χ1v) is 3.53. The van der Waals surface area contributed by atoms with Gasteiger partial charge in [-0.2, -0.15) is 4.91 Å². The van der Waals surface area contributed by atoms with E-state index in [4.69, 9.17) is 17.2 Å². The third kappa shape index (κ3) is 2.99. The molecule has 0 amide bonds. The van der Waals surface area contributed by atoms with E-state index in [9.17, 15) is 9.81 Å². The van der Waals surface area contributed by atoms with Crippen LogP contribution in [0.3, 0.4) is 0 Å². The van der Waals surface area contributed by atoms with E-state index >= 15 is 0 Å². The van der Waals surface area contributed by atoms with Crippen LogP contribution in [0.5, 0.6) is 0 Å². The first-order chi connectivity index (χ1) is 5.58. The molecule has 7 heteroatoms. The summed E-state index contributed by atoms with van der Waals surface area (Å²) < 4.78 is 0. The van der Waals surface area contributed by atoms with Crippen molar-refractivity contribution in [2.24, 2.45) is 27.6 Å². The molecule has 0 saturated heterocycles. The lowest BCUT2D eigenvalue weighted by molar-refractivity contribution is 0.346. The summed E-state index contributed by atoms with van der Waals surface area (Å²) in [7, 11) is 0. The molecule has 12 heavy (non-hydrogen) atoms. The molecule has 0 aromatic rings. The van der Waals surface area contributed by atoms with Crippen molar-refractivity contribution in [3.8, 4) is 0 Å². The van der Waals surface area contributed by atoms with E-state index in [1.165, 1.54) is 0 Å². The predicted molar refractivity (Wildman–Crippen MR) is 44.8 cm³/mol. The fraction of sp³-hybridized carbons (Fsp3) is 1.00. The average molecular weight is 175 g/mol. The van der Waals surface area contributed by atoms with Crippen LogP contribution in [0.4, 0.5) is 0 Å². The fourth-order valence-electron chi connectivity index (χ4n) is 0.740. The summed E-state index contributed by atoms with van der Waals surface area (Å²) in [4.78, 5) is 20.2. The maximum absolute atomic E-state index is 10.2. The van der Waals surface area contributed by atoms with Crippen LogP contribution in [-0.2, 0) is 0 Å². The zero-order chi connectivity index (χ0) is 9.61. The zero-order valence-corrected chi connectivity index (χ0v) is 6.64. The van der Waals surface area contributed by atoms with Crippen molar-refractivity contribution in [3.05, 3.63) is 9.81 Å². The van der Waals surface area contributed by atoms with Crippen molar-refractivity contribution in [1.29, 1.82) is 0 Å². The van der Waals surface area contributed by atoms with Gasteiger partial charge in [-0.05, 0) is 24.6 Å². The zero-order valence-electron chi connectivity index (χ0n) is 6.64. The topological polar surface area (TPSA) is 137 Å². The van der Waals surface area contributed by atoms with E-state index < -0.39 is 11.8 Å². The molecule has 0 rings (SSSR count). The van der Waals surface area contributed by atoms with Crippen molar-refractivity contribution in [2.45, 2.75) is 24.7 Å². The Bertz CT molecular complexity index is 160. The van der Waals surface area contributed by atoms with Crippen molar-refractivity contribution < 1.29 is 0 Å². The molecule has 6 N–H and O–H groups in total. The van der Waals surface area contributed by atoms with Crippen LogP contribution < -0.4 is 17.2 Å². The second-order valence-electron chi connectivity index (χ2n) is 2.53. The lowest BCUT2D eigenvalue weighted by Gasteiger charge is -2.20. The SMILES string of the molecule is NCCCC(N=O)C(N)(N)N=O. The summed E-state index contributed by atoms with van der Waals surface area (Å²) in [5.74, 6) is -1.91. The molecular weight excluding hydrogens is 162 g/mol. The minimum absolute atomic E-state index is 0.277. The molecule has 1 atom stereocenters. The van der Waals surface area contributed by atoms with Gasteiger partial charge < -0.3 is 5.73 Å². The minimum Gasteiger partial charge on any atom is -0.330 e. The summed E-state index contributed by atoms with van der Waals surface area (Å²) in [6, 6.07) is -1.00. The summed E-state index contributed by atoms with van der Waals surface area (Å²) in [6.07, 6.45) is 0.806. The molecule has 0 saturated carbocycles. The second-order valence-corrected chi connectivity index (χ2v) is 2.53. The van der Waals surface area contributed by atoms with E-state index in [1.54, 1.807) is 0 Å². The van der Waals surface area contributed by atoms with Crippen molar-refractivity contribution in [2.75, 3.05) is 6.54 Å².